The molecule has 2 heterocycles. The molecule has 0 radical (unpaired) electrons. The number of amides is 18. The molecule has 0 saturated heterocycles. The molecule has 0 aliphatic carbocycles. The lowest BCUT2D eigenvalue weighted by atomic mass is 9.90. The van der Waals surface area contributed by atoms with Crippen molar-refractivity contribution >= 4 is 112 Å². The van der Waals surface area contributed by atoms with Gasteiger partial charge in [0.25, 0.3) is 0 Å². The van der Waals surface area contributed by atoms with Gasteiger partial charge >= 0.3 is 5.97 Å². The van der Waals surface area contributed by atoms with Crippen LogP contribution < -0.4 is 101 Å². The van der Waals surface area contributed by atoms with Gasteiger partial charge in [0.2, 0.25) is 106 Å². The number of carboxylic acids is 1. The van der Waals surface area contributed by atoms with Gasteiger partial charge in [-0.25, -0.2) is 9.37 Å². The number of nitrogens with zero attached hydrogens (tertiary/aromatic N) is 4. The third-order valence-corrected chi connectivity index (χ3v) is 22.1. The number of tetrazole rings is 1. The molecule has 0 fully saturated rings. The van der Waals surface area contributed by atoms with Gasteiger partial charge in [0.1, 0.15) is 76.9 Å². The van der Waals surface area contributed by atoms with E-state index in [-0.39, 0.29) is 50.3 Å². The summed E-state index contributed by atoms with van der Waals surface area (Å²) in [6.45, 7) is 7.01. The van der Waals surface area contributed by atoms with Crippen LogP contribution in [0.5, 0.6) is 5.75 Å². The second-order valence-corrected chi connectivity index (χ2v) is 34.3. The fourth-order valence-electron chi connectivity index (χ4n) is 14.1. The first-order valence-electron chi connectivity index (χ1n) is 45.8. The van der Waals surface area contributed by atoms with E-state index in [4.69, 9.17) is 10.5 Å². The number of aromatic nitrogens is 6. The fourth-order valence-corrected chi connectivity index (χ4v) is 14.1. The Morgan fingerprint density at radius 2 is 1.03 bits per heavy atom. The molecule has 6 rings (SSSR count). The van der Waals surface area contributed by atoms with Crippen molar-refractivity contribution in [2.24, 2.45) is 11.1 Å². The van der Waals surface area contributed by atoms with Crippen molar-refractivity contribution in [2.45, 2.75) is 211 Å². The van der Waals surface area contributed by atoms with Gasteiger partial charge in [-0.05, 0) is 139 Å². The predicted molar refractivity (Wildman–Crippen MR) is 504 cm³/mol. The smallest absolute Gasteiger partial charge is 0.305 e. The first-order chi connectivity index (χ1) is 67.8. The molecule has 18 amide bonds. The van der Waals surface area contributed by atoms with E-state index in [0.717, 1.165) is 54.7 Å². The Morgan fingerprint density at radius 3 is 1.61 bits per heavy atom. The largest absolute Gasteiger partial charge is 0.494 e. The number of aliphatic hydroxyl groups is 5. The number of rotatable bonds is 61. The summed E-state index contributed by atoms with van der Waals surface area (Å²) in [5, 5.41) is 115. The lowest BCUT2D eigenvalue weighted by Gasteiger charge is -2.34. The number of ether oxygens (including phenoxy) is 1. The Balaban J connectivity index is 1.09. The minimum Gasteiger partial charge on any atom is -0.494 e. The summed E-state index contributed by atoms with van der Waals surface area (Å²) < 4.78 is 21.7. The number of aliphatic carboxylic acids is 1. The minimum atomic E-state index is -2.44. The first-order valence-corrected chi connectivity index (χ1v) is 45.8. The normalized spacial score (nSPS) is 13.8. The zero-order chi connectivity index (χ0) is 106. The molecule has 0 spiro atoms. The van der Waals surface area contributed by atoms with E-state index in [1.54, 1.807) is 42.6 Å². The summed E-state index contributed by atoms with van der Waals surface area (Å²) in [5.74, 6) is -20.3. The summed E-state index contributed by atoms with van der Waals surface area (Å²) in [4.78, 5) is 260. The van der Waals surface area contributed by atoms with Crippen molar-refractivity contribution in [3.05, 3.63) is 148 Å². The van der Waals surface area contributed by atoms with Crippen molar-refractivity contribution in [3.8, 4) is 16.9 Å². The third-order valence-electron chi connectivity index (χ3n) is 22.1. The number of nitrogens with two attached hydrogens (primary N) is 1. The summed E-state index contributed by atoms with van der Waals surface area (Å²) >= 11 is 0. The van der Waals surface area contributed by atoms with Gasteiger partial charge in [0.15, 0.2) is 5.82 Å². The lowest BCUT2D eigenvalue weighted by molar-refractivity contribution is -0.143. The quantitative estimate of drug-likeness (QED) is 0.0125. The van der Waals surface area contributed by atoms with Gasteiger partial charge in [0.05, 0.1) is 84.1 Å². The number of nitrogens with one attached hydrogen (secondary N) is 19. The number of H-pyrrole nitrogens is 2. The number of aryl methyl sites for hydroxylation is 4. The molecule has 778 valence electrons. The lowest BCUT2D eigenvalue weighted by Crippen LogP contribution is -2.67. The van der Waals surface area contributed by atoms with Crippen LogP contribution in [-0.2, 0) is 130 Å². The number of hydrogen-bond donors (Lipinski definition) is 26. The van der Waals surface area contributed by atoms with Crippen LogP contribution in [0.1, 0.15) is 132 Å². The summed E-state index contributed by atoms with van der Waals surface area (Å²) in [6.07, 6.45) is -1.03. The zero-order valence-electron chi connectivity index (χ0n) is 80.4. The molecule has 0 saturated carbocycles. The Labute approximate surface area is 820 Å². The zero-order valence-corrected chi connectivity index (χ0v) is 80.4. The number of aliphatic hydroxyl groups excluding tert-OH is 5. The summed E-state index contributed by atoms with van der Waals surface area (Å²) in [6, 6.07) is 7.10. The second-order valence-electron chi connectivity index (χ2n) is 34.3. The maximum Gasteiger partial charge on any atom is 0.305 e. The van der Waals surface area contributed by atoms with E-state index in [9.17, 15) is 122 Å². The number of aromatic amines is 2. The molecule has 27 N–H and O–H groups in total. The standard InChI is InChI=1S/C92H127FN24O26/c1-10-55-35-59(143-30-15-14-28-96-81(133)66(45-118)105-74(127)43-100-72(125)41-98-71(124)40-99-73(126)42-101-82(134)67(46-119)104-70(123)11-2)25-26-60(55)56-23-21-53(22-24-56)34-63(83(135)106-62(79(94)131)20-16-17-54-32-49(3)31-50(4)33-54)107-84(136)65(37-76(129)130)108-85(137)68(47-120)109-86(138)77(51(5)121)112-90(142)92(9,38-57-18-12-13-19-61(57)93)113-87(139)78(52(6)122)111-75(128)44-102-80(132)64(36-69-114-116-117-115-69)110-89(141)91(7,8)88(140)97-29-27-58-39-95-48-103-58/h12-13,18-19,21-26,31-33,35,39,48,51-52,62-68,77-78,118-122H,10-11,14-17,20,27-30,34,36-38,40-47H2,1-9H3,(H2,94,131)(H,95,103)(H,96,133)(H,97,140)(H,98,124)(H,99,126)(H,100,125)(H,101,134)(H,102,132)(H,104,123)(H,105,127)(H,106,135)(H,107,136)(H,108,137)(H,109,138)(H,110,141)(H,111,128)(H,112,142)(H,113,139)(H,129,130)(H,114,115,116,117)/t51-,52-,62+,63+,64+,65+,66+,67+,68+,77+,78+,92+/m1/s1. The summed E-state index contributed by atoms with van der Waals surface area (Å²) in [7, 11) is 0. The van der Waals surface area contributed by atoms with E-state index in [2.05, 4.69) is 121 Å². The number of benzene rings is 4. The van der Waals surface area contributed by atoms with Gasteiger partial charge in [-0.2, -0.15) is 5.21 Å². The molecule has 6 aromatic rings. The number of halogens is 1. The van der Waals surface area contributed by atoms with E-state index >= 15 is 4.39 Å². The van der Waals surface area contributed by atoms with Crippen molar-refractivity contribution in [3.63, 3.8) is 0 Å². The number of imidazole rings is 1. The van der Waals surface area contributed by atoms with Crippen LogP contribution in [0.4, 0.5) is 4.39 Å². The molecule has 4 aromatic carbocycles. The molecule has 0 unspecified atom stereocenters. The molecule has 0 aliphatic heterocycles. The SMILES string of the molecule is CCC(=O)N[C@@H](CO)C(=O)NCC(=O)NCC(=O)NCC(=O)NCC(=O)N[C@@H](CO)C(=O)NCCCCOc1ccc(-c2ccc(C[C@H](NC(=O)[C@H](CC(=O)O)NC(=O)[C@H](CO)NC(=O)[C@@H](NC(=O)[C@](C)(Cc3ccccc3F)NC(=O)[C@@H](NC(=O)CNC(=O)[C@H](Cc3nn[nH]n3)NC(=O)C(C)(C)C(=O)NCCc3cnc[nH]3)[C@@H](C)O)[C@@H](C)O)C(=O)N[C@@H](CCCc3cc(C)cc(C)c3)C(N)=O)cc2)c(CC)c1. The fraction of sp³-hybridized carbons (Fsp3) is 0.489. The molecule has 2 aromatic heterocycles. The number of carboxylic acid groups (broad SMARTS) is 1. The van der Waals surface area contributed by atoms with Crippen LogP contribution >= 0.6 is 0 Å². The molecular formula is C92H127FN24O26. The monoisotopic (exact) mass is 2000 g/mol. The average molecular weight is 2000 g/mol. The maximum absolute atomic E-state index is 15.6. The van der Waals surface area contributed by atoms with Crippen molar-refractivity contribution in [1.82, 2.24) is 121 Å². The highest BCUT2D eigenvalue weighted by atomic mass is 19.1. The van der Waals surface area contributed by atoms with Crippen LogP contribution in [0.25, 0.3) is 11.1 Å². The number of carbonyl (C=O) groups is 19. The van der Waals surface area contributed by atoms with Gasteiger partial charge in [0, 0.05) is 57.1 Å². The van der Waals surface area contributed by atoms with Crippen LogP contribution in [0.15, 0.2) is 97.5 Å². The number of primary amides is 1. The van der Waals surface area contributed by atoms with E-state index < -0.39 is 267 Å². The number of unbranched alkanes of at least 4 members (excludes halogenated alkanes) is 1. The third kappa shape index (κ3) is 39.0. The van der Waals surface area contributed by atoms with Gasteiger partial charge in [-0.15, -0.1) is 10.2 Å². The van der Waals surface area contributed by atoms with Crippen LogP contribution in [0.3, 0.4) is 0 Å². The molecular weight excluding hydrogens is 1880 g/mol. The molecule has 51 heteroatoms. The van der Waals surface area contributed by atoms with Crippen LogP contribution in [0, 0.1) is 25.1 Å². The molecule has 0 aliphatic rings. The number of carbonyl (C=O) groups excluding carboxylic acids is 18. The highest BCUT2D eigenvalue weighted by Crippen LogP contribution is 2.30. The Morgan fingerprint density at radius 1 is 0.497 bits per heavy atom. The van der Waals surface area contributed by atoms with Crippen molar-refractivity contribution < 1.29 is 131 Å². The van der Waals surface area contributed by atoms with E-state index in [1.807, 2.05) is 45.0 Å². The number of hydrogen-bond acceptors (Lipinski definition) is 29. The van der Waals surface area contributed by atoms with Crippen molar-refractivity contribution in [2.75, 3.05) is 72.2 Å². The topological polar surface area (TPSA) is 769 Å². The highest BCUT2D eigenvalue weighted by Gasteiger charge is 2.44. The van der Waals surface area contributed by atoms with Crippen LogP contribution in [-0.4, -0.2) is 318 Å². The van der Waals surface area contributed by atoms with E-state index in [0.29, 0.717) is 61.1 Å². The molecule has 0 bridgehead atoms. The second kappa shape index (κ2) is 58.0. The molecule has 143 heavy (non-hydrogen) atoms. The Hall–Kier alpha value is -15.4. The average Bonchev–Trinajstić information content (AvgIpc) is 1.23. The van der Waals surface area contributed by atoms with Gasteiger partial charge in [-0.3, -0.25) is 91.1 Å². The van der Waals surface area contributed by atoms with Crippen molar-refractivity contribution in [1.29, 1.82) is 0 Å². The summed E-state index contributed by atoms with van der Waals surface area (Å²) in [5.41, 5.74) is 7.66. The van der Waals surface area contributed by atoms with Gasteiger partial charge in [-0.1, -0.05) is 96.9 Å². The van der Waals surface area contributed by atoms with Gasteiger partial charge < -0.3 is 136 Å². The predicted octanol–water partition coefficient (Wildman–Crippen LogP) is -7.45. The highest BCUT2D eigenvalue weighted by molar-refractivity contribution is 6.06. The molecule has 12 atom stereocenters. The molecule has 50 nitrogen and oxygen atoms in total. The Bertz CT molecular complexity index is 5380. The van der Waals surface area contributed by atoms with Crippen LogP contribution in [0.2, 0.25) is 0 Å². The maximum atomic E-state index is 15.6. The minimum absolute atomic E-state index is 0.0165. The van der Waals surface area contributed by atoms with E-state index in [1.165, 1.54) is 45.3 Å². The Kier molecular flexibility index (Phi) is 47.2. The first kappa shape index (κ1) is 116.